The van der Waals surface area contributed by atoms with Gasteiger partial charge in [0.15, 0.2) is 6.10 Å². The number of unbranched alkanes of at least 4 members (excludes halogenated alkanes) is 13. The largest absolute Gasteiger partial charge is 0.462 e. The number of ether oxygens (including phenoxy) is 3. The highest BCUT2D eigenvalue weighted by molar-refractivity contribution is 5.71. The van der Waals surface area contributed by atoms with Gasteiger partial charge >= 0.3 is 17.9 Å². The van der Waals surface area contributed by atoms with Crippen molar-refractivity contribution in [3.63, 3.8) is 0 Å². The molecule has 0 saturated carbocycles. The average Bonchev–Trinajstić information content (AvgIpc) is 3.27. The minimum absolute atomic E-state index is 0.116. The van der Waals surface area contributed by atoms with Crippen LogP contribution in [-0.4, -0.2) is 37.2 Å². The van der Waals surface area contributed by atoms with Crippen molar-refractivity contribution < 1.29 is 28.6 Å². The molecule has 62 heavy (non-hydrogen) atoms. The van der Waals surface area contributed by atoms with E-state index in [4.69, 9.17) is 14.2 Å². The molecule has 0 aromatic rings. The fourth-order valence-corrected chi connectivity index (χ4v) is 6.09. The van der Waals surface area contributed by atoms with Gasteiger partial charge in [0.25, 0.3) is 0 Å². The van der Waals surface area contributed by atoms with Gasteiger partial charge in [0.05, 0.1) is 0 Å². The maximum atomic E-state index is 12.8. The first-order chi connectivity index (χ1) is 30.5. The number of esters is 3. The zero-order chi connectivity index (χ0) is 45.1. The Kier molecular flexibility index (Phi) is 46.1. The second-order valence-corrected chi connectivity index (χ2v) is 15.7. The van der Waals surface area contributed by atoms with E-state index in [-0.39, 0.29) is 37.5 Å². The molecule has 348 valence electrons. The number of rotatable bonds is 42. The third-order valence-corrected chi connectivity index (χ3v) is 9.76. The molecule has 0 aliphatic rings. The van der Waals surface area contributed by atoms with Crippen molar-refractivity contribution in [2.24, 2.45) is 0 Å². The molecule has 0 aliphatic carbocycles. The van der Waals surface area contributed by atoms with E-state index < -0.39 is 6.10 Å². The summed E-state index contributed by atoms with van der Waals surface area (Å²) in [5.41, 5.74) is 0. The molecule has 0 saturated heterocycles. The van der Waals surface area contributed by atoms with Crippen LogP contribution in [0, 0.1) is 0 Å². The highest BCUT2D eigenvalue weighted by atomic mass is 16.6. The van der Waals surface area contributed by atoms with Gasteiger partial charge in [-0.2, -0.15) is 0 Å². The second-order valence-electron chi connectivity index (χ2n) is 15.7. The van der Waals surface area contributed by atoms with E-state index in [1.807, 2.05) is 12.2 Å². The van der Waals surface area contributed by atoms with Gasteiger partial charge < -0.3 is 14.2 Å². The van der Waals surface area contributed by atoms with E-state index >= 15 is 0 Å². The van der Waals surface area contributed by atoms with Gasteiger partial charge in [-0.1, -0.05) is 200 Å². The summed E-state index contributed by atoms with van der Waals surface area (Å²) in [5.74, 6) is -1.04. The lowest BCUT2D eigenvalue weighted by Crippen LogP contribution is -2.30. The van der Waals surface area contributed by atoms with E-state index in [0.29, 0.717) is 19.3 Å². The normalized spacial score (nSPS) is 13.1. The second kappa shape index (κ2) is 49.5. The van der Waals surface area contributed by atoms with Gasteiger partial charge in [0.2, 0.25) is 0 Å². The number of allylic oxidation sites excluding steroid dienone is 20. The summed E-state index contributed by atoms with van der Waals surface area (Å²) in [6.07, 6.45) is 67.7. The predicted molar refractivity (Wildman–Crippen MR) is 265 cm³/mol. The van der Waals surface area contributed by atoms with Crippen LogP contribution in [0.2, 0.25) is 0 Å². The number of hydrogen-bond donors (Lipinski definition) is 0. The maximum absolute atomic E-state index is 12.8. The Labute approximate surface area is 380 Å². The minimum Gasteiger partial charge on any atom is -0.462 e. The van der Waals surface area contributed by atoms with Crippen LogP contribution in [0.15, 0.2) is 122 Å². The maximum Gasteiger partial charge on any atom is 0.306 e. The lowest BCUT2D eigenvalue weighted by Gasteiger charge is -2.18. The van der Waals surface area contributed by atoms with Crippen LogP contribution in [0.3, 0.4) is 0 Å². The number of hydrogen-bond acceptors (Lipinski definition) is 6. The molecule has 6 heteroatoms. The van der Waals surface area contributed by atoms with Crippen LogP contribution in [0.1, 0.15) is 194 Å². The van der Waals surface area contributed by atoms with Crippen molar-refractivity contribution >= 4 is 17.9 Å². The van der Waals surface area contributed by atoms with E-state index in [1.54, 1.807) is 0 Å². The Hall–Kier alpha value is -4.19. The van der Waals surface area contributed by atoms with Crippen molar-refractivity contribution in [2.75, 3.05) is 13.2 Å². The number of carbonyl (C=O) groups excluding carboxylic acids is 3. The lowest BCUT2D eigenvalue weighted by molar-refractivity contribution is -0.166. The minimum atomic E-state index is -0.821. The standard InChI is InChI=1S/C56H88O6/c1-4-7-10-13-16-19-22-24-26-27-28-29-31-32-34-37-40-43-46-49-55(58)61-52-53(51-60-54(57)48-45-42-39-36-21-18-15-12-9-6-3)62-56(59)50-47-44-41-38-35-33-30-25-23-20-17-14-11-8-5-2/h7-8,10-11,14-20,23-24,26,28-29,32,34,40,43,53H,4-6,9,12-13,21-22,25,27,30-31,33,35-39,41-42,44-52H2,1-3H3/b10-7-,11-8-,17-14-,18-15-,19-16-,23-20-,26-24-,29-28-,34-32-,43-40-. The van der Waals surface area contributed by atoms with Crippen LogP contribution in [0.4, 0.5) is 0 Å². The molecular formula is C56H88O6. The summed E-state index contributed by atoms with van der Waals surface area (Å²) in [6, 6.07) is 0. The first kappa shape index (κ1) is 57.8. The topological polar surface area (TPSA) is 78.9 Å². The third kappa shape index (κ3) is 46.9. The molecule has 1 atom stereocenters. The molecule has 1 unspecified atom stereocenters. The zero-order valence-corrected chi connectivity index (χ0v) is 39.6. The molecule has 0 heterocycles. The van der Waals surface area contributed by atoms with Gasteiger partial charge in [0.1, 0.15) is 13.2 Å². The van der Waals surface area contributed by atoms with Crippen LogP contribution in [0.5, 0.6) is 0 Å². The van der Waals surface area contributed by atoms with Crippen molar-refractivity contribution in [3.8, 4) is 0 Å². The molecule has 0 rings (SSSR count). The van der Waals surface area contributed by atoms with E-state index in [2.05, 4.69) is 130 Å². The summed E-state index contributed by atoms with van der Waals surface area (Å²) >= 11 is 0. The van der Waals surface area contributed by atoms with Gasteiger partial charge in [-0.3, -0.25) is 14.4 Å². The van der Waals surface area contributed by atoms with E-state index in [0.717, 1.165) is 116 Å². The van der Waals surface area contributed by atoms with Gasteiger partial charge in [-0.05, 0) is 96.3 Å². The highest BCUT2D eigenvalue weighted by Crippen LogP contribution is 2.12. The fourth-order valence-electron chi connectivity index (χ4n) is 6.09. The molecule has 0 aromatic carbocycles. The van der Waals surface area contributed by atoms with Crippen molar-refractivity contribution in [3.05, 3.63) is 122 Å². The summed E-state index contributed by atoms with van der Waals surface area (Å²) in [6.45, 7) is 6.24. The van der Waals surface area contributed by atoms with Gasteiger partial charge in [-0.25, -0.2) is 0 Å². The van der Waals surface area contributed by atoms with Crippen LogP contribution in [0.25, 0.3) is 0 Å². The van der Waals surface area contributed by atoms with Crippen molar-refractivity contribution in [2.45, 2.75) is 200 Å². The van der Waals surface area contributed by atoms with Crippen LogP contribution in [-0.2, 0) is 28.6 Å². The molecule has 0 bridgehead atoms. The van der Waals surface area contributed by atoms with Gasteiger partial charge in [-0.15, -0.1) is 0 Å². The zero-order valence-electron chi connectivity index (χ0n) is 39.6. The molecule has 0 spiro atoms. The quantitative estimate of drug-likeness (QED) is 0.0200. The molecule has 0 amide bonds. The molecule has 0 N–H and O–H groups in total. The van der Waals surface area contributed by atoms with E-state index in [9.17, 15) is 14.4 Å². The lowest BCUT2D eigenvalue weighted by atomic mass is 10.1. The smallest absolute Gasteiger partial charge is 0.306 e. The summed E-state index contributed by atoms with van der Waals surface area (Å²) in [5, 5.41) is 0. The average molecular weight is 857 g/mol. The van der Waals surface area contributed by atoms with Gasteiger partial charge in [0, 0.05) is 19.3 Å². The summed E-state index contributed by atoms with van der Waals surface area (Å²) in [7, 11) is 0. The molecular weight excluding hydrogens is 769 g/mol. The Morgan fingerprint density at radius 2 is 0.742 bits per heavy atom. The molecule has 0 fully saturated rings. The Balaban J connectivity index is 4.53. The first-order valence-corrected chi connectivity index (χ1v) is 24.6. The molecule has 0 aliphatic heterocycles. The SMILES string of the molecule is CC\C=C/C=C\C=C/CCCCCCCCCC(=O)OC(COC(=O)CC/C=C\C/C=C\C/C=C\C/C=C\C/C=C\C/C=C\CC)COC(=O)CCCCCC/C=C\CCCC. The first-order valence-electron chi connectivity index (χ1n) is 24.6. The van der Waals surface area contributed by atoms with Crippen molar-refractivity contribution in [1.29, 1.82) is 0 Å². The monoisotopic (exact) mass is 857 g/mol. The Bertz CT molecular complexity index is 1350. The molecule has 0 radical (unpaired) electrons. The van der Waals surface area contributed by atoms with E-state index in [1.165, 1.54) is 32.1 Å². The third-order valence-electron chi connectivity index (χ3n) is 9.76. The summed E-state index contributed by atoms with van der Waals surface area (Å²) in [4.78, 5) is 37.8. The number of carbonyl (C=O) groups is 3. The highest BCUT2D eigenvalue weighted by Gasteiger charge is 2.19. The van der Waals surface area contributed by atoms with Crippen molar-refractivity contribution in [1.82, 2.24) is 0 Å². The van der Waals surface area contributed by atoms with Crippen LogP contribution < -0.4 is 0 Å². The fraction of sp³-hybridized carbons (Fsp3) is 0.589. The predicted octanol–water partition coefficient (Wildman–Crippen LogP) is 16.1. The molecule has 0 aromatic heterocycles. The van der Waals surface area contributed by atoms with Crippen LogP contribution >= 0.6 is 0 Å². The Morgan fingerprint density at radius 1 is 0.355 bits per heavy atom. The Morgan fingerprint density at radius 3 is 1.26 bits per heavy atom. The molecule has 6 nitrogen and oxygen atoms in total. The summed E-state index contributed by atoms with van der Waals surface area (Å²) < 4.78 is 16.7.